The van der Waals surface area contributed by atoms with E-state index in [1.807, 2.05) is 6.92 Å². The van der Waals surface area contributed by atoms with Crippen LogP contribution in [0.1, 0.15) is 35.8 Å². The van der Waals surface area contributed by atoms with Gasteiger partial charge < -0.3 is 10.0 Å². The molecule has 2 heterocycles. The van der Waals surface area contributed by atoms with Crippen molar-refractivity contribution in [2.75, 3.05) is 13.1 Å². The molecule has 1 aliphatic rings. The SMILES string of the molecule is CCc1nn(C)cc1C(=O)N1CCC(C(=O)O)CC1. The molecule has 0 aromatic carbocycles. The molecule has 1 aliphatic heterocycles. The highest BCUT2D eigenvalue weighted by Crippen LogP contribution is 2.20. The first-order chi connectivity index (χ1) is 9.02. The molecule has 0 unspecified atom stereocenters. The average molecular weight is 265 g/mol. The van der Waals surface area contributed by atoms with Gasteiger partial charge in [-0.05, 0) is 19.3 Å². The molecule has 19 heavy (non-hydrogen) atoms. The first kappa shape index (κ1) is 13.6. The second-order valence-electron chi connectivity index (χ2n) is 4.92. The van der Waals surface area contributed by atoms with Gasteiger partial charge in [0, 0.05) is 26.3 Å². The molecule has 0 radical (unpaired) electrons. The lowest BCUT2D eigenvalue weighted by atomic mass is 9.96. The Hall–Kier alpha value is -1.85. The van der Waals surface area contributed by atoms with Gasteiger partial charge in [-0.25, -0.2) is 0 Å². The number of aryl methyl sites for hydroxylation is 2. The number of carboxylic acid groups (broad SMARTS) is 1. The van der Waals surface area contributed by atoms with Gasteiger partial charge in [0.25, 0.3) is 5.91 Å². The average Bonchev–Trinajstić information content (AvgIpc) is 2.79. The molecule has 0 aliphatic carbocycles. The van der Waals surface area contributed by atoms with Crippen molar-refractivity contribution >= 4 is 11.9 Å². The van der Waals surface area contributed by atoms with Crippen LogP contribution in [0, 0.1) is 5.92 Å². The summed E-state index contributed by atoms with van der Waals surface area (Å²) in [5.74, 6) is -1.11. The monoisotopic (exact) mass is 265 g/mol. The number of hydrogen-bond donors (Lipinski definition) is 1. The number of amides is 1. The maximum Gasteiger partial charge on any atom is 0.306 e. The van der Waals surface area contributed by atoms with Gasteiger partial charge in [-0.2, -0.15) is 5.10 Å². The number of carbonyl (C=O) groups excluding carboxylic acids is 1. The van der Waals surface area contributed by atoms with Crippen LogP contribution in [-0.2, 0) is 18.3 Å². The molecule has 0 spiro atoms. The van der Waals surface area contributed by atoms with Gasteiger partial charge in [0.15, 0.2) is 0 Å². The van der Waals surface area contributed by atoms with Gasteiger partial charge in [-0.15, -0.1) is 0 Å². The van der Waals surface area contributed by atoms with Gasteiger partial charge in [0.05, 0.1) is 17.2 Å². The van der Waals surface area contributed by atoms with Crippen LogP contribution >= 0.6 is 0 Å². The number of aromatic nitrogens is 2. The Kier molecular flexibility index (Phi) is 3.87. The molecular weight excluding hydrogens is 246 g/mol. The second kappa shape index (κ2) is 5.42. The molecule has 2 rings (SSSR count). The van der Waals surface area contributed by atoms with Crippen molar-refractivity contribution < 1.29 is 14.7 Å². The van der Waals surface area contributed by atoms with Gasteiger partial charge in [-0.1, -0.05) is 6.92 Å². The van der Waals surface area contributed by atoms with Crippen molar-refractivity contribution in [2.24, 2.45) is 13.0 Å². The lowest BCUT2D eigenvalue weighted by Gasteiger charge is -2.30. The van der Waals surface area contributed by atoms with Crippen LogP contribution in [0.2, 0.25) is 0 Å². The molecule has 1 saturated heterocycles. The molecule has 6 heteroatoms. The van der Waals surface area contributed by atoms with Crippen molar-refractivity contribution in [3.63, 3.8) is 0 Å². The Morgan fingerprint density at radius 1 is 1.42 bits per heavy atom. The predicted molar refractivity (Wildman–Crippen MR) is 68.8 cm³/mol. The summed E-state index contributed by atoms with van der Waals surface area (Å²) in [5, 5.41) is 13.2. The smallest absolute Gasteiger partial charge is 0.306 e. The van der Waals surface area contributed by atoms with Gasteiger partial charge >= 0.3 is 5.97 Å². The third-order valence-electron chi connectivity index (χ3n) is 3.60. The minimum atomic E-state index is -0.761. The number of carboxylic acids is 1. The summed E-state index contributed by atoms with van der Waals surface area (Å²) in [6.45, 7) is 2.98. The van der Waals surface area contributed by atoms with Crippen molar-refractivity contribution in [3.8, 4) is 0 Å². The van der Waals surface area contributed by atoms with Crippen LogP contribution in [-0.4, -0.2) is 44.8 Å². The normalized spacial score (nSPS) is 16.6. The second-order valence-corrected chi connectivity index (χ2v) is 4.92. The van der Waals surface area contributed by atoms with Crippen LogP contribution in [0.4, 0.5) is 0 Å². The van der Waals surface area contributed by atoms with E-state index in [0.717, 1.165) is 5.69 Å². The minimum absolute atomic E-state index is 0.0335. The van der Waals surface area contributed by atoms with Gasteiger partial charge in [-0.3, -0.25) is 14.3 Å². The van der Waals surface area contributed by atoms with Crippen molar-refractivity contribution in [1.29, 1.82) is 0 Å². The minimum Gasteiger partial charge on any atom is -0.481 e. The largest absolute Gasteiger partial charge is 0.481 e. The third-order valence-corrected chi connectivity index (χ3v) is 3.60. The Labute approximate surface area is 112 Å². The first-order valence-electron chi connectivity index (χ1n) is 6.57. The number of rotatable bonds is 3. The number of likely N-dealkylation sites (tertiary alicyclic amines) is 1. The highest BCUT2D eigenvalue weighted by atomic mass is 16.4. The molecule has 0 saturated carbocycles. The first-order valence-corrected chi connectivity index (χ1v) is 6.57. The number of aliphatic carboxylic acids is 1. The van der Waals surface area contributed by atoms with Crippen molar-refractivity contribution in [2.45, 2.75) is 26.2 Å². The summed E-state index contributed by atoms with van der Waals surface area (Å²) in [6, 6.07) is 0. The van der Waals surface area contributed by atoms with Crippen LogP contribution in [0.3, 0.4) is 0 Å². The predicted octanol–water partition coefficient (Wildman–Crippen LogP) is 0.919. The highest BCUT2D eigenvalue weighted by molar-refractivity contribution is 5.95. The molecule has 1 N–H and O–H groups in total. The van der Waals surface area contributed by atoms with E-state index in [-0.39, 0.29) is 11.8 Å². The molecule has 1 amide bonds. The number of hydrogen-bond acceptors (Lipinski definition) is 3. The summed E-state index contributed by atoms with van der Waals surface area (Å²) >= 11 is 0. The Morgan fingerprint density at radius 2 is 2.05 bits per heavy atom. The van der Waals surface area contributed by atoms with E-state index in [4.69, 9.17) is 5.11 Å². The fourth-order valence-corrected chi connectivity index (χ4v) is 2.47. The van der Waals surface area contributed by atoms with Crippen molar-refractivity contribution in [3.05, 3.63) is 17.5 Å². The Balaban J connectivity index is 2.07. The summed E-state index contributed by atoms with van der Waals surface area (Å²) in [6.07, 6.45) is 3.52. The van der Waals surface area contributed by atoms with E-state index >= 15 is 0 Å². The fourth-order valence-electron chi connectivity index (χ4n) is 2.47. The van der Waals surface area contributed by atoms with Crippen LogP contribution in [0.5, 0.6) is 0 Å². The summed E-state index contributed by atoms with van der Waals surface area (Å²) < 4.78 is 1.65. The molecule has 1 fully saturated rings. The van der Waals surface area contributed by atoms with E-state index < -0.39 is 5.97 Å². The summed E-state index contributed by atoms with van der Waals surface area (Å²) in [4.78, 5) is 25.0. The zero-order chi connectivity index (χ0) is 14.0. The zero-order valence-electron chi connectivity index (χ0n) is 11.3. The molecule has 6 nitrogen and oxygen atoms in total. The van der Waals surface area contributed by atoms with Gasteiger partial charge in [0.1, 0.15) is 0 Å². The zero-order valence-corrected chi connectivity index (χ0v) is 11.3. The van der Waals surface area contributed by atoms with Gasteiger partial charge in [0.2, 0.25) is 0 Å². The quantitative estimate of drug-likeness (QED) is 0.881. The van der Waals surface area contributed by atoms with Crippen molar-refractivity contribution in [1.82, 2.24) is 14.7 Å². The highest BCUT2D eigenvalue weighted by Gasteiger charge is 2.28. The third kappa shape index (κ3) is 2.77. The Bertz CT molecular complexity index is 487. The van der Waals surface area contributed by atoms with Crippen LogP contribution in [0.25, 0.3) is 0 Å². The van der Waals surface area contributed by atoms with E-state index in [2.05, 4.69) is 5.10 Å². The molecule has 0 atom stereocenters. The number of nitrogens with zero attached hydrogens (tertiary/aromatic N) is 3. The fraction of sp³-hybridized carbons (Fsp3) is 0.615. The maximum atomic E-state index is 12.4. The molecule has 1 aromatic heterocycles. The molecular formula is C13H19N3O3. The molecule has 0 bridgehead atoms. The van der Waals surface area contributed by atoms with E-state index in [1.165, 1.54) is 0 Å². The Morgan fingerprint density at radius 3 is 2.58 bits per heavy atom. The summed E-state index contributed by atoms with van der Waals surface area (Å²) in [7, 11) is 1.80. The lowest BCUT2D eigenvalue weighted by molar-refractivity contribution is -0.143. The van der Waals surface area contributed by atoms with E-state index in [9.17, 15) is 9.59 Å². The molecule has 104 valence electrons. The van der Waals surface area contributed by atoms with Crippen LogP contribution < -0.4 is 0 Å². The van der Waals surface area contributed by atoms with E-state index in [1.54, 1.807) is 22.8 Å². The topological polar surface area (TPSA) is 75.4 Å². The maximum absolute atomic E-state index is 12.4. The summed E-state index contributed by atoms with van der Waals surface area (Å²) in [5.41, 5.74) is 1.44. The number of carbonyl (C=O) groups is 2. The van der Waals surface area contributed by atoms with E-state index in [0.29, 0.717) is 37.9 Å². The standard InChI is InChI=1S/C13H19N3O3/c1-3-11-10(8-15(2)14-11)12(17)16-6-4-9(5-7-16)13(18)19/h8-9H,3-7H2,1-2H3,(H,18,19). The molecule has 1 aromatic rings. The number of piperidine rings is 1. The lowest BCUT2D eigenvalue weighted by Crippen LogP contribution is -2.40. The van der Waals surface area contributed by atoms with Crippen LogP contribution in [0.15, 0.2) is 6.20 Å².